The molecule has 0 spiro atoms. The van der Waals surface area contributed by atoms with E-state index in [9.17, 15) is 4.79 Å². The lowest BCUT2D eigenvalue weighted by Gasteiger charge is -2.29. The van der Waals surface area contributed by atoms with E-state index in [1.54, 1.807) is 18.0 Å². The Bertz CT molecular complexity index is 934. The van der Waals surface area contributed by atoms with E-state index >= 15 is 0 Å². The van der Waals surface area contributed by atoms with Gasteiger partial charge in [0.25, 0.3) is 5.91 Å². The van der Waals surface area contributed by atoms with E-state index in [1.807, 2.05) is 47.0 Å². The van der Waals surface area contributed by atoms with Gasteiger partial charge in [0.05, 0.1) is 0 Å². The molecule has 4 rings (SSSR count). The van der Waals surface area contributed by atoms with Gasteiger partial charge in [-0.3, -0.25) is 4.79 Å². The normalized spacial score (nSPS) is 13.5. The van der Waals surface area contributed by atoms with Gasteiger partial charge in [-0.2, -0.15) is 0 Å². The van der Waals surface area contributed by atoms with Crippen LogP contribution in [0.2, 0.25) is 0 Å². The third-order valence-corrected chi connectivity index (χ3v) is 5.87. The summed E-state index contributed by atoms with van der Waals surface area (Å²) < 4.78 is 2.00. The molecule has 5 heteroatoms. The van der Waals surface area contributed by atoms with Gasteiger partial charge in [-0.1, -0.05) is 48.2 Å². The first-order valence-corrected chi connectivity index (χ1v) is 9.74. The van der Waals surface area contributed by atoms with Crippen molar-refractivity contribution >= 4 is 17.7 Å². The van der Waals surface area contributed by atoms with Crippen LogP contribution in [0.15, 0.2) is 66.1 Å². The molecule has 1 aromatic heterocycles. The number of hydrogen-bond acceptors (Lipinski definition) is 3. The molecule has 1 aliphatic heterocycles. The van der Waals surface area contributed by atoms with Gasteiger partial charge in [-0.25, -0.2) is 4.98 Å². The maximum Gasteiger partial charge on any atom is 0.254 e. The fraction of sp³-hybridized carbons (Fsp3) is 0.238. The van der Waals surface area contributed by atoms with E-state index in [-0.39, 0.29) is 5.91 Å². The second-order valence-electron chi connectivity index (χ2n) is 6.56. The molecule has 0 saturated carbocycles. The van der Waals surface area contributed by atoms with E-state index in [0.717, 1.165) is 35.0 Å². The molecule has 3 aromatic rings. The highest BCUT2D eigenvalue weighted by Crippen LogP contribution is 2.23. The van der Waals surface area contributed by atoms with Crippen LogP contribution in [0.3, 0.4) is 0 Å². The Balaban J connectivity index is 1.46. The van der Waals surface area contributed by atoms with Crippen molar-refractivity contribution in [3.63, 3.8) is 0 Å². The Labute approximate surface area is 157 Å². The Morgan fingerprint density at radius 2 is 2.00 bits per heavy atom. The second-order valence-corrected chi connectivity index (χ2v) is 7.50. The summed E-state index contributed by atoms with van der Waals surface area (Å²) in [6.45, 7) is 1.48. The van der Waals surface area contributed by atoms with Gasteiger partial charge in [0.2, 0.25) is 0 Å². The molecule has 0 saturated heterocycles. The fourth-order valence-corrected chi connectivity index (χ4v) is 4.16. The number of fused-ring (bicyclic) bond motifs is 1. The lowest BCUT2D eigenvalue weighted by Crippen LogP contribution is -2.35. The molecular weight excluding hydrogens is 342 g/mol. The molecule has 2 aromatic carbocycles. The lowest BCUT2D eigenvalue weighted by molar-refractivity contribution is 0.0734. The third-order valence-electron chi connectivity index (χ3n) is 4.74. The number of rotatable bonds is 4. The smallest absolute Gasteiger partial charge is 0.254 e. The van der Waals surface area contributed by atoms with Crippen LogP contribution in [0, 0.1) is 0 Å². The standard InChI is InChI=1S/C21H21N3OS/c1-23-12-10-22-21(23)26-15-16-5-4-8-18(13-16)20(25)24-11-9-17-6-2-3-7-19(17)14-24/h2-8,10,12-13H,9,11,14-15H2,1H3. The lowest BCUT2D eigenvalue weighted by atomic mass is 9.99. The van der Waals surface area contributed by atoms with E-state index in [0.29, 0.717) is 6.54 Å². The van der Waals surface area contributed by atoms with E-state index < -0.39 is 0 Å². The van der Waals surface area contributed by atoms with Crippen molar-refractivity contribution in [1.29, 1.82) is 0 Å². The first-order valence-electron chi connectivity index (χ1n) is 8.76. The number of hydrogen-bond donors (Lipinski definition) is 0. The number of amides is 1. The van der Waals surface area contributed by atoms with Gasteiger partial charge in [0, 0.05) is 43.8 Å². The average molecular weight is 363 g/mol. The molecule has 0 atom stereocenters. The molecular formula is C21H21N3OS. The molecule has 1 amide bonds. The Morgan fingerprint density at radius 1 is 1.15 bits per heavy atom. The molecule has 1 aliphatic rings. The Kier molecular flexibility index (Phi) is 4.80. The summed E-state index contributed by atoms with van der Waals surface area (Å²) in [7, 11) is 1.99. The fourth-order valence-electron chi connectivity index (χ4n) is 3.28. The van der Waals surface area contributed by atoms with Crippen molar-refractivity contribution in [1.82, 2.24) is 14.5 Å². The van der Waals surface area contributed by atoms with Crippen LogP contribution in [0.4, 0.5) is 0 Å². The minimum atomic E-state index is 0.114. The number of benzene rings is 2. The van der Waals surface area contributed by atoms with Crippen LogP contribution in [0.5, 0.6) is 0 Å². The predicted molar refractivity (Wildman–Crippen MR) is 104 cm³/mol. The van der Waals surface area contributed by atoms with Gasteiger partial charge >= 0.3 is 0 Å². The monoisotopic (exact) mass is 363 g/mol. The van der Waals surface area contributed by atoms with Crippen molar-refractivity contribution < 1.29 is 4.79 Å². The summed E-state index contributed by atoms with van der Waals surface area (Å²) in [4.78, 5) is 19.2. The number of aryl methyl sites for hydroxylation is 1. The summed E-state index contributed by atoms with van der Waals surface area (Å²) >= 11 is 1.68. The average Bonchev–Trinajstić information content (AvgIpc) is 3.10. The van der Waals surface area contributed by atoms with Crippen LogP contribution >= 0.6 is 11.8 Å². The molecule has 0 N–H and O–H groups in total. The molecule has 4 nitrogen and oxygen atoms in total. The van der Waals surface area contributed by atoms with Crippen molar-refractivity contribution in [2.24, 2.45) is 7.05 Å². The quantitative estimate of drug-likeness (QED) is 0.660. The zero-order valence-electron chi connectivity index (χ0n) is 14.8. The van der Waals surface area contributed by atoms with E-state index in [2.05, 4.69) is 29.2 Å². The number of nitrogens with zero attached hydrogens (tertiary/aromatic N) is 3. The first kappa shape index (κ1) is 16.9. The number of carbonyl (C=O) groups excluding carboxylic acids is 1. The minimum Gasteiger partial charge on any atom is -0.334 e. The van der Waals surface area contributed by atoms with E-state index in [1.165, 1.54) is 11.1 Å². The number of aromatic nitrogens is 2. The maximum absolute atomic E-state index is 13.0. The molecule has 0 fully saturated rings. The molecule has 132 valence electrons. The highest BCUT2D eigenvalue weighted by molar-refractivity contribution is 7.98. The van der Waals surface area contributed by atoms with Gasteiger partial charge in [-0.15, -0.1) is 0 Å². The van der Waals surface area contributed by atoms with Crippen LogP contribution in [-0.4, -0.2) is 26.9 Å². The van der Waals surface area contributed by atoms with Gasteiger partial charge in [0.15, 0.2) is 5.16 Å². The van der Waals surface area contributed by atoms with Crippen molar-refractivity contribution in [2.75, 3.05) is 6.54 Å². The third kappa shape index (κ3) is 3.53. The summed E-state index contributed by atoms with van der Waals surface area (Å²) in [5, 5.41) is 0.981. The Hall–Kier alpha value is -2.53. The number of thioether (sulfide) groups is 1. The highest BCUT2D eigenvalue weighted by Gasteiger charge is 2.21. The predicted octanol–water partition coefficient (Wildman–Crippen LogP) is 3.91. The molecule has 26 heavy (non-hydrogen) atoms. The topological polar surface area (TPSA) is 38.1 Å². The Morgan fingerprint density at radius 3 is 2.81 bits per heavy atom. The summed E-state index contributed by atoms with van der Waals surface area (Å²) in [5.74, 6) is 0.915. The largest absolute Gasteiger partial charge is 0.334 e. The number of carbonyl (C=O) groups is 1. The molecule has 0 unspecified atom stereocenters. The molecule has 2 heterocycles. The minimum absolute atomic E-state index is 0.114. The second kappa shape index (κ2) is 7.38. The summed E-state index contributed by atoms with van der Waals surface area (Å²) in [6, 6.07) is 16.4. The van der Waals surface area contributed by atoms with E-state index in [4.69, 9.17) is 0 Å². The van der Waals surface area contributed by atoms with Crippen molar-refractivity contribution in [3.05, 3.63) is 83.2 Å². The zero-order chi connectivity index (χ0) is 17.9. The number of imidazole rings is 1. The molecule has 0 radical (unpaired) electrons. The van der Waals surface area contributed by atoms with Crippen LogP contribution in [0.25, 0.3) is 0 Å². The van der Waals surface area contributed by atoms with Crippen molar-refractivity contribution in [3.8, 4) is 0 Å². The van der Waals surface area contributed by atoms with Crippen molar-refractivity contribution in [2.45, 2.75) is 23.9 Å². The van der Waals surface area contributed by atoms with Gasteiger partial charge < -0.3 is 9.47 Å². The van der Waals surface area contributed by atoms with Gasteiger partial charge in [-0.05, 0) is 35.2 Å². The highest BCUT2D eigenvalue weighted by atomic mass is 32.2. The van der Waals surface area contributed by atoms with Crippen LogP contribution in [0.1, 0.15) is 27.0 Å². The summed E-state index contributed by atoms with van der Waals surface area (Å²) in [5.41, 5.74) is 4.52. The SMILES string of the molecule is Cn1ccnc1SCc1cccc(C(=O)N2CCc3ccccc3C2)c1. The maximum atomic E-state index is 13.0. The first-order chi connectivity index (χ1) is 12.7. The van der Waals surface area contributed by atoms with Gasteiger partial charge in [0.1, 0.15) is 0 Å². The molecule has 0 aliphatic carbocycles. The van der Waals surface area contributed by atoms with Crippen LogP contribution in [-0.2, 0) is 25.8 Å². The molecule has 0 bridgehead atoms. The zero-order valence-corrected chi connectivity index (χ0v) is 15.6. The van der Waals surface area contributed by atoms with Crippen LogP contribution < -0.4 is 0 Å². The summed E-state index contributed by atoms with van der Waals surface area (Å²) in [6.07, 6.45) is 4.67.